The number of halogens is 1. The summed E-state index contributed by atoms with van der Waals surface area (Å²) in [6.45, 7) is 7.89. The van der Waals surface area contributed by atoms with E-state index in [-0.39, 0.29) is 0 Å². The van der Waals surface area contributed by atoms with Crippen LogP contribution >= 0.6 is 22.9 Å². The number of hydrogen-bond donors (Lipinski definition) is 1. The number of hydrogen-bond acceptors (Lipinski definition) is 3. The lowest BCUT2D eigenvalue weighted by atomic mass is 10.2. The van der Waals surface area contributed by atoms with Crippen LogP contribution < -0.4 is 5.32 Å². The Morgan fingerprint density at radius 1 is 1.53 bits per heavy atom. The van der Waals surface area contributed by atoms with Crippen LogP contribution in [0.5, 0.6) is 0 Å². The molecule has 2 heterocycles. The van der Waals surface area contributed by atoms with Crippen LogP contribution in [-0.2, 0) is 6.54 Å². The Bertz CT molecular complexity index is 345. The molecule has 4 heteroatoms. The van der Waals surface area contributed by atoms with Gasteiger partial charge in [-0.05, 0) is 45.4 Å². The molecule has 96 valence electrons. The van der Waals surface area contributed by atoms with Crippen molar-refractivity contribution >= 4 is 22.9 Å². The Morgan fingerprint density at radius 3 is 2.88 bits per heavy atom. The maximum Gasteiger partial charge on any atom is 0.0931 e. The van der Waals surface area contributed by atoms with E-state index < -0.39 is 0 Å². The van der Waals surface area contributed by atoms with E-state index in [1.54, 1.807) is 11.3 Å². The summed E-state index contributed by atoms with van der Waals surface area (Å²) in [7, 11) is 0. The van der Waals surface area contributed by atoms with Crippen molar-refractivity contribution in [2.45, 2.75) is 45.3 Å². The van der Waals surface area contributed by atoms with Gasteiger partial charge in [0.25, 0.3) is 0 Å². The van der Waals surface area contributed by atoms with E-state index in [0.717, 1.165) is 17.4 Å². The average molecular weight is 273 g/mol. The summed E-state index contributed by atoms with van der Waals surface area (Å²) >= 11 is 7.68. The number of rotatable bonds is 5. The van der Waals surface area contributed by atoms with Crippen LogP contribution in [0.3, 0.4) is 0 Å². The Hall–Kier alpha value is -0.0900. The lowest BCUT2D eigenvalue weighted by Gasteiger charge is -2.28. The third-order valence-corrected chi connectivity index (χ3v) is 4.55. The highest BCUT2D eigenvalue weighted by Gasteiger charge is 2.20. The fourth-order valence-corrected chi connectivity index (χ4v) is 3.40. The van der Waals surface area contributed by atoms with Crippen LogP contribution in [0.2, 0.25) is 4.34 Å². The standard InChI is InChI=1S/C13H21ClN2S/c1-10(2)16(8-11-4-3-7-15-11)9-12-5-6-13(14)17-12/h5-6,10-11,15H,3-4,7-9H2,1-2H3. The van der Waals surface area contributed by atoms with Gasteiger partial charge in [-0.15, -0.1) is 11.3 Å². The zero-order chi connectivity index (χ0) is 12.3. The molecule has 2 nitrogen and oxygen atoms in total. The fourth-order valence-electron chi connectivity index (χ4n) is 2.29. The van der Waals surface area contributed by atoms with E-state index >= 15 is 0 Å². The molecule has 0 saturated carbocycles. The van der Waals surface area contributed by atoms with Crippen molar-refractivity contribution in [1.29, 1.82) is 0 Å². The van der Waals surface area contributed by atoms with Crippen molar-refractivity contribution in [3.63, 3.8) is 0 Å². The topological polar surface area (TPSA) is 15.3 Å². The molecule has 1 N–H and O–H groups in total. The van der Waals surface area contributed by atoms with Gasteiger partial charge in [-0.25, -0.2) is 0 Å². The van der Waals surface area contributed by atoms with Gasteiger partial charge >= 0.3 is 0 Å². The first kappa shape index (κ1) is 13.3. The van der Waals surface area contributed by atoms with E-state index in [1.165, 1.54) is 24.3 Å². The number of nitrogens with one attached hydrogen (secondary N) is 1. The van der Waals surface area contributed by atoms with Crippen molar-refractivity contribution in [1.82, 2.24) is 10.2 Å². The molecule has 17 heavy (non-hydrogen) atoms. The molecule has 1 aromatic rings. The first-order valence-corrected chi connectivity index (χ1v) is 7.56. The summed E-state index contributed by atoms with van der Waals surface area (Å²) in [6.07, 6.45) is 2.63. The Kier molecular flexibility index (Phi) is 4.86. The Labute approximate surface area is 113 Å². The molecule has 1 fully saturated rings. The highest BCUT2D eigenvalue weighted by molar-refractivity contribution is 7.16. The highest BCUT2D eigenvalue weighted by Crippen LogP contribution is 2.23. The lowest BCUT2D eigenvalue weighted by molar-refractivity contribution is 0.196. The van der Waals surface area contributed by atoms with E-state index in [4.69, 9.17) is 11.6 Å². The second-order valence-corrected chi connectivity index (χ2v) is 6.82. The first-order valence-electron chi connectivity index (χ1n) is 6.37. The van der Waals surface area contributed by atoms with Gasteiger partial charge < -0.3 is 5.32 Å². The van der Waals surface area contributed by atoms with E-state index in [2.05, 4.69) is 30.1 Å². The van der Waals surface area contributed by atoms with Crippen LogP contribution in [-0.4, -0.2) is 30.1 Å². The van der Waals surface area contributed by atoms with Crippen LogP contribution in [0.25, 0.3) is 0 Å². The monoisotopic (exact) mass is 272 g/mol. The van der Waals surface area contributed by atoms with Gasteiger partial charge in [0.2, 0.25) is 0 Å². The molecule has 0 radical (unpaired) electrons. The van der Waals surface area contributed by atoms with Crippen molar-refractivity contribution in [3.05, 3.63) is 21.3 Å². The van der Waals surface area contributed by atoms with Crippen LogP contribution in [0.4, 0.5) is 0 Å². The summed E-state index contributed by atoms with van der Waals surface area (Å²) in [6, 6.07) is 5.39. The van der Waals surface area contributed by atoms with E-state index in [9.17, 15) is 0 Å². The van der Waals surface area contributed by atoms with Gasteiger partial charge in [0.05, 0.1) is 4.34 Å². The van der Waals surface area contributed by atoms with Gasteiger partial charge in [-0.2, -0.15) is 0 Å². The summed E-state index contributed by atoms with van der Waals surface area (Å²) in [4.78, 5) is 3.90. The molecule has 1 saturated heterocycles. The van der Waals surface area contributed by atoms with E-state index in [1.807, 2.05) is 6.07 Å². The van der Waals surface area contributed by atoms with Crippen LogP contribution in [0.15, 0.2) is 12.1 Å². The fraction of sp³-hybridized carbons (Fsp3) is 0.692. The van der Waals surface area contributed by atoms with Gasteiger partial charge in [0.15, 0.2) is 0 Å². The van der Waals surface area contributed by atoms with Crippen molar-refractivity contribution in [2.24, 2.45) is 0 Å². The van der Waals surface area contributed by atoms with Crippen molar-refractivity contribution in [2.75, 3.05) is 13.1 Å². The lowest BCUT2D eigenvalue weighted by Crippen LogP contribution is -2.40. The minimum absolute atomic E-state index is 0.582. The third-order valence-electron chi connectivity index (χ3n) is 3.34. The second kappa shape index (κ2) is 6.19. The molecule has 0 aromatic carbocycles. The molecule has 1 aliphatic heterocycles. The number of thiophene rings is 1. The smallest absolute Gasteiger partial charge is 0.0931 e. The normalized spacial score (nSPS) is 20.6. The Balaban J connectivity index is 1.92. The number of nitrogens with zero attached hydrogens (tertiary/aromatic N) is 1. The van der Waals surface area contributed by atoms with Gasteiger partial charge in [0.1, 0.15) is 0 Å². The molecule has 0 amide bonds. The predicted octanol–water partition coefficient (Wildman–Crippen LogP) is 3.36. The van der Waals surface area contributed by atoms with Crippen LogP contribution in [0.1, 0.15) is 31.6 Å². The van der Waals surface area contributed by atoms with E-state index in [0.29, 0.717) is 12.1 Å². The van der Waals surface area contributed by atoms with Gasteiger partial charge in [-0.3, -0.25) is 4.90 Å². The Morgan fingerprint density at radius 2 is 2.35 bits per heavy atom. The predicted molar refractivity (Wildman–Crippen MR) is 75.9 cm³/mol. The maximum atomic E-state index is 5.98. The highest BCUT2D eigenvalue weighted by atomic mass is 35.5. The molecule has 0 aliphatic carbocycles. The minimum Gasteiger partial charge on any atom is -0.313 e. The molecule has 1 aliphatic rings. The SMILES string of the molecule is CC(C)N(Cc1ccc(Cl)s1)CC1CCCN1. The largest absolute Gasteiger partial charge is 0.313 e. The molecule has 1 unspecified atom stereocenters. The van der Waals surface area contributed by atoms with Gasteiger partial charge in [-0.1, -0.05) is 11.6 Å². The summed E-state index contributed by atoms with van der Waals surface area (Å²) < 4.78 is 0.891. The molecule has 0 bridgehead atoms. The van der Waals surface area contributed by atoms with Crippen LogP contribution in [0, 0.1) is 0 Å². The summed E-state index contributed by atoms with van der Waals surface area (Å²) in [5.74, 6) is 0. The molecular weight excluding hydrogens is 252 g/mol. The molecular formula is C13H21ClN2S. The molecule has 2 rings (SSSR count). The zero-order valence-corrected chi connectivity index (χ0v) is 12.2. The molecule has 0 spiro atoms. The van der Waals surface area contributed by atoms with Crippen molar-refractivity contribution in [3.8, 4) is 0 Å². The molecule has 1 atom stereocenters. The average Bonchev–Trinajstić information content (AvgIpc) is 2.89. The van der Waals surface area contributed by atoms with Gasteiger partial charge in [0, 0.05) is 30.1 Å². The third kappa shape index (κ3) is 3.95. The quantitative estimate of drug-likeness (QED) is 0.884. The minimum atomic E-state index is 0.582. The summed E-state index contributed by atoms with van der Waals surface area (Å²) in [5.41, 5.74) is 0. The molecule has 1 aromatic heterocycles. The first-order chi connectivity index (χ1) is 8.15. The summed E-state index contributed by atoms with van der Waals surface area (Å²) in [5, 5.41) is 3.57. The van der Waals surface area contributed by atoms with Crippen molar-refractivity contribution < 1.29 is 0 Å². The maximum absolute atomic E-state index is 5.98. The zero-order valence-electron chi connectivity index (χ0n) is 10.6. The second-order valence-electron chi connectivity index (χ2n) is 5.02.